The molecule has 1 fully saturated rings. The molecule has 1 atom stereocenters. The van der Waals surface area contributed by atoms with Gasteiger partial charge in [-0.25, -0.2) is 0 Å². The second kappa shape index (κ2) is 9.08. The van der Waals surface area contributed by atoms with Crippen LogP contribution < -0.4 is 10.0 Å². The van der Waals surface area contributed by atoms with Crippen molar-refractivity contribution < 1.29 is 8.42 Å². The molecule has 2 N–H and O–H groups in total. The highest BCUT2D eigenvalue weighted by Gasteiger charge is 2.21. The van der Waals surface area contributed by atoms with Crippen LogP contribution >= 0.6 is 0 Å². The molecule has 0 aromatic heterocycles. The van der Waals surface area contributed by atoms with Gasteiger partial charge in [-0.3, -0.25) is 0 Å². The van der Waals surface area contributed by atoms with Crippen LogP contribution in [0.15, 0.2) is 0 Å². The molecule has 1 aliphatic rings. The fraction of sp³-hybridized carbons (Fsp3) is 1.00. The van der Waals surface area contributed by atoms with E-state index in [-0.39, 0.29) is 6.04 Å². The molecule has 0 aliphatic heterocycles. The van der Waals surface area contributed by atoms with Crippen molar-refractivity contribution in [1.29, 1.82) is 0 Å². The summed E-state index contributed by atoms with van der Waals surface area (Å²) < 4.78 is 28.5. The molecular formula is C15H33N3O2S. The van der Waals surface area contributed by atoms with Gasteiger partial charge in [-0.1, -0.05) is 26.7 Å². The Morgan fingerprint density at radius 1 is 1.14 bits per heavy atom. The fourth-order valence-corrected chi connectivity index (χ4v) is 3.43. The first-order chi connectivity index (χ1) is 9.81. The molecule has 21 heavy (non-hydrogen) atoms. The minimum atomic E-state index is -3.34. The van der Waals surface area contributed by atoms with Gasteiger partial charge >= 0.3 is 0 Å². The average Bonchev–Trinajstić information content (AvgIpc) is 3.17. The molecule has 6 heteroatoms. The van der Waals surface area contributed by atoms with E-state index in [9.17, 15) is 8.42 Å². The number of hydrogen-bond donors (Lipinski definition) is 2. The number of hydrogen-bond acceptors (Lipinski definition) is 3. The standard InChI is InChI=1S/C15H33N3O2S/c1-13(2)7-5-8-14(3)17-21(19,20)18(4)12-6-11-16-15-9-10-15/h13-17H,5-12H2,1-4H3. The third-order valence-corrected chi connectivity index (χ3v) is 5.54. The molecule has 0 heterocycles. The summed E-state index contributed by atoms with van der Waals surface area (Å²) in [6.45, 7) is 7.79. The van der Waals surface area contributed by atoms with E-state index >= 15 is 0 Å². The molecule has 1 unspecified atom stereocenters. The maximum atomic E-state index is 12.2. The van der Waals surface area contributed by atoms with Gasteiger partial charge in [-0.05, 0) is 45.1 Å². The van der Waals surface area contributed by atoms with Gasteiger partial charge in [0.1, 0.15) is 0 Å². The second-order valence-electron chi connectivity index (χ2n) is 6.75. The summed E-state index contributed by atoms with van der Waals surface area (Å²) >= 11 is 0. The van der Waals surface area contributed by atoms with E-state index in [4.69, 9.17) is 0 Å². The second-order valence-corrected chi connectivity index (χ2v) is 8.56. The zero-order valence-corrected chi connectivity index (χ0v) is 14.9. The summed E-state index contributed by atoms with van der Waals surface area (Å²) in [6, 6.07) is 0.687. The molecule has 0 radical (unpaired) electrons. The highest BCUT2D eigenvalue weighted by Crippen LogP contribution is 2.18. The summed E-state index contributed by atoms with van der Waals surface area (Å²) in [7, 11) is -1.69. The van der Waals surface area contributed by atoms with Crippen molar-refractivity contribution in [3.8, 4) is 0 Å². The molecule has 0 saturated heterocycles. The molecule has 0 amide bonds. The summed E-state index contributed by atoms with van der Waals surface area (Å²) in [5, 5.41) is 3.40. The van der Waals surface area contributed by atoms with Crippen molar-refractivity contribution in [2.75, 3.05) is 20.1 Å². The van der Waals surface area contributed by atoms with Crippen molar-refractivity contribution in [1.82, 2.24) is 14.3 Å². The summed E-state index contributed by atoms with van der Waals surface area (Å²) in [5.74, 6) is 0.676. The van der Waals surface area contributed by atoms with Crippen molar-refractivity contribution in [3.63, 3.8) is 0 Å². The monoisotopic (exact) mass is 319 g/mol. The zero-order valence-electron chi connectivity index (χ0n) is 14.1. The van der Waals surface area contributed by atoms with Gasteiger partial charge in [0.25, 0.3) is 10.2 Å². The Bertz CT molecular complexity index is 380. The van der Waals surface area contributed by atoms with Crippen LogP contribution in [0.3, 0.4) is 0 Å². The van der Waals surface area contributed by atoms with Crippen LogP contribution in [0.2, 0.25) is 0 Å². The lowest BCUT2D eigenvalue weighted by Gasteiger charge is -2.21. The number of nitrogens with one attached hydrogen (secondary N) is 2. The SMILES string of the molecule is CC(C)CCCC(C)NS(=O)(=O)N(C)CCCNC1CC1. The molecule has 5 nitrogen and oxygen atoms in total. The van der Waals surface area contributed by atoms with Gasteiger partial charge in [0, 0.05) is 25.7 Å². The molecule has 0 aromatic rings. The van der Waals surface area contributed by atoms with E-state index in [1.165, 1.54) is 17.1 Å². The van der Waals surface area contributed by atoms with Gasteiger partial charge in [-0.2, -0.15) is 17.4 Å². The Morgan fingerprint density at radius 3 is 2.38 bits per heavy atom. The van der Waals surface area contributed by atoms with Crippen LogP contribution in [0.5, 0.6) is 0 Å². The Labute approximate surface area is 131 Å². The van der Waals surface area contributed by atoms with Crippen LogP contribution in [-0.4, -0.2) is 44.9 Å². The lowest BCUT2D eigenvalue weighted by Crippen LogP contribution is -2.43. The molecule has 1 rings (SSSR count). The normalized spacial score (nSPS) is 17.6. The predicted octanol–water partition coefficient (Wildman–Crippen LogP) is 2.11. The average molecular weight is 320 g/mol. The highest BCUT2D eigenvalue weighted by molar-refractivity contribution is 7.87. The van der Waals surface area contributed by atoms with E-state index in [0.717, 1.165) is 32.2 Å². The Hall–Kier alpha value is -0.170. The van der Waals surface area contributed by atoms with Gasteiger partial charge < -0.3 is 5.32 Å². The maximum Gasteiger partial charge on any atom is 0.279 e. The minimum absolute atomic E-state index is 0.000731. The van der Waals surface area contributed by atoms with Crippen molar-refractivity contribution >= 4 is 10.2 Å². The first-order valence-electron chi connectivity index (χ1n) is 8.28. The smallest absolute Gasteiger partial charge is 0.279 e. The molecule has 0 spiro atoms. The lowest BCUT2D eigenvalue weighted by atomic mass is 10.0. The van der Waals surface area contributed by atoms with E-state index in [2.05, 4.69) is 23.9 Å². The van der Waals surface area contributed by atoms with E-state index in [1.807, 2.05) is 6.92 Å². The first-order valence-corrected chi connectivity index (χ1v) is 9.72. The topological polar surface area (TPSA) is 61.4 Å². The van der Waals surface area contributed by atoms with E-state index in [0.29, 0.717) is 18.5 Å². The molecule has 0 aromatic carbocycles. The van der Waals surface area contributed by atoms with Gasteiger partial charge in [0.2, 0.25) is 0 Å². The number of nitrogens with zero attached hydrogens (tertiary/aromatic N) is 1. The Balaban J connectivity index is 2.19. The van der Waals surface area contributed by atoms with Gasteiger partial charge in [-0.15, -0.1) is 0 Å². The van der Waals surface area contributed by atoms with E-state index < -0.39 is 10.2 Å². The van der Waals surface area contributed by atoms with Crippen molar-refractivity contribution in [2.24, 2.45) is 5.92 Å². The zero-order chi connectivity index (χ0) is 15.9. The van der Waals surface area contributed by atoms with Crippen LogP contribution in [0.25, 0.3) is 0 Å². The van der Waals surface area contributed by atoms with E-state index in [1.54, 1.807) is 7.05 Å². The van der Waals surface area contributed by atoms with Crippen LogP contribution in [-0.2, 0) is 10.2 Å². The molecular weight excluding hydrogens is 286 g/mol. The Morgan fingerprint density at radius 2 is 1.81 bits per heavy atom. The third kappa shape index (κ3) is 8.76. The van der Waals surface area contributed by atoms with Crippen LogP contribution in [0.1, 0.15) is 59.3 Å². The van der Waals surface area contributed by atoms with Crippen molar-refractivity contribution in [2.45, 2.75) is 71.4 Å². The lowest BCUT2D eigenvalue weighted by molar-refractivity contribution is 0.428. The number of rotatable bonds is 12. The third-order valence-electron chi connectivity index (χ3n) is 3.84. The van der Waals surface area contributed by atoms with Crippen LogP contribution in [0, 0.1) is 5.92 Å². The predicted molar refractivity (Wildman–Crippen MR) is 88.5 cm³/mol. The fourth-order valence-electron chi connectivity index (χ4n) is 2.25. The highest BCUT2D eigenvalue weighted by atomic mass is 32.2. The van der Waals surface area contributed by atoms with Crippen molar-refractivity contribution in [3.05, 3.63) is 0 Å². The summed E-state index contributed by atoms with van der Waals surface area (Å²) in [4.78, 5) is 0. The minimum Gasteiger partial charge on any atom is -0.314 e. The quantitative estimate of drug-likeness (QED) is 0.542. The van der Waals surface area contributed by atoms with Gasteiger partial charge in [0.15, 0.2) is 0 Å². The molecule has 1 aliphatic carbocycles. The first kappa shape index (κ1) is 18.9. The summed E-state index contributed by atoms with van der Waals surface area (Å²) in [5.41, 5.74) is 0. The molecule has 126 valence electrons. The Kier molecular flexibility index (Phi) is 8.16. The molecule has 0 bridgehead atoms. The maximum absolute atomic E-state index is 12.2. The molecule has 1 saturated carbocycles. The summed E-state index contributed by atoms with van der Waals surface area (Å²) in [6.07, 6.45) is 6.50. The van der Waals surface area contributed by atoms with Gasteiger partial charge in [0.05, 0.1) is 0 Å². The largest absolute Gasteiger partial charge is 0.314 e. The van der Waals surface area contributed by atoms with Crippen LogP contribution in [0.4, 0.5) is 0 Å².